The third kappa shape index (κ3) is 4.98. The van der Waals surface area contributed by atoms with Gasteiger partial charge in [0, 0.05) is 15.7 Å². The first-order chi connectivity index (χ1) is 11.6. The molecule has 2 rings (SSSR count). The minimum atomic E-state index is -0.306. The van der Waals surface area contributed by atoms with Crippen LogP contribution in [0.5, 0.6) is 5.75 Å². The molecular weight excluding hydrogens is 370 g/mol. The third-order valence-electron chi connectivity index (χ3n) is 2.93. The summed E-state index contributed by atoms with van der Waals surface area (Å²) < 4.78 is 6.29. The van der Waals surface area contributed by atoms with Crippen LogP contribution >= 0.6 is 15.9 Å². The predicted molar refractivity (Wildman–Crippen MR) is 93.9 cm³/mol. The van der Waals surface area contributed by atoms with E-state index in [4.69, 9.17) is 15.3 Å². The molecule has 0 saturated heterocycles. The third-order valence-corrected chi connectivity index (χ3v) is 3.42. The summed E-state index contributed by atoms with van der Waals surface area (Å²) in [4.78, 5) is 11.9. The van der Waals surface area contributed by atoms with Gasteiger partial charge in [-0.3, -0.25) is 4.79 Å². The van der Waals surface area contributed by atoms with Gasteiger partial charge in [-0.05, 0) is 36.4 Å². The van der Waals surface area contributed by atoms with E-state index in [0.29, 0.717) is 17.0 Å². The summed E-state index contributed by atoms with van der Waals surface area (Å²) in [5.41, 5.74) is 1.17. The van der Waals surface area contributed by atoms with Crippen LogP contribution < -0.4 is 10.1 Å². The zero-order chi connectivity index (χ0) is 17.4. The van der Waals surface area contributed by atoms with Gasteiger partial charge in [0.05, 0.1) is 0 Å². The van der Waals surface area contributed by atoms with Gasteiger partial charge in [-0.1, -0.05) is 34.1 Å². The number of amides is 1. The van der Waals surface area contributed by atoms with Gasteiger partial charge in [0.2, 0.25) is 0 Å². The van der Waals surface area contributed by atoms with Crippen LogP contribution in [0, 0.1) is 22.7 Å². The number of benzene rings is 2. The molecule has 0 heterocycles. The van der Waals surface area contributed by atoms with Gasteiger partial charge in [0.15, 0.2) is 6.61 Å². The molecule has 0 saturated carbocycles. The Bertz CT molecular complexity index is 833. The zero-order valence-electron chi connectivity index (χ0n) is 12.5. The number of nitrogens with one attached hydrogen (secondary N) is 1. The van der Waals surface area contributed by atoms with Crippen LogP contribution in [0.25, 0.3) is 6.08 Å². The summed E-state index contributed by atoms with van der Waals surface area (Å²) in [6, 6.07) is 17.8. The Labute approximate surface area is 147 Å². The van der Waals surface area contributed by atoms with Crippen molar-refractivity contribution in [1.29, 1.82) is 10.5 Å². The average Bonchev–Trinajstić information content (AvgIpc) is 2.59. The van der Waals surface area contributed by atoms with Gasteiger partial charge in [0.25, 0.3) is 5.91 Å². The quantitative estimate of drug-likeness (QED) is 0.795. The first-order valence-corrected chi connectivity index (χ1v) is 7.71. The predicted octanol–water partition coefficient (Wildman–Crippen LogP) is 3.90. The van der Waals surface area contributed by atoms with Gasteiger partial charge in [-0.2, -0.15) is 10.5 Å². The summed E-state index contributed by atoms with van der Waals surface area (Å²) in [7, 11) is 0. The highest BCUT2D eigenvalue weighted by atomic mass is 79.9. The summed E-state index contributed by atoms with van der Waals surface area (Å²) in [5.74, 6) is 0.101. The highest BCUT2D eigenvalue weighted by Gasteiger charge is 2.08. The molecule has 1 N–H and O–H groups in total. The Kier molecular flexibility index (Phi) is 6.13. The van der Waals surface area contributed by atoms with Gasteiger partial charge >= 0.3 is 0 Å². The van der Waals surface area contributed by atoms with Crippen molar-refractivity contribution in [1.82, 2.24) is 0 Å². The van der Waals surface area contributed by atoms with Crippen molar-refractivity contribution in [3.05, 3.63) is 64.1 Å². The number of nitriles is 2. The largest absolute Gasteiger partial charge is 0.483 e. The Morgan fingerprint density at radius 2 is 1.88 bits per heavy atom. The van der Waals surface area contributed by atoms with Crippen molar-refractivity contribution in [2.75, 3.05) is 11.9 Å². The molecule has 1 amide bonds. The topological polar surface area (TPSA) is 85.9 Å². The Morgan fingerprint density at radius 1 is 1.17 bits per heavy atom. The second kappa shape index (κ2) is 8.52. The fraction of sp³-hybridized carbons (Fsp3) is 0.0556. The first kappa shape index (κ1) is 17.3. The summed E-state index contributed by atoms with van der Waals surface area (Å²) in [5, 5.41) is 20.5. The number of carbonyl (C=O) groups is 1. The second-order valence-electron chi connectivity index (χ2n) is 4.67. The van der Waals surface area contributed by atoms with Crippen LogP contribution in [-0.4, -0.2) is 12.5 Å². The number of halogens is 1. The van der Waals surface area contributed by atoms with Crippen molar-refractivity contribution >= 4 is 33.6 Å². The standard InChI is InChI=1S/C18H12BrN3O2/c19-15-6-7-17(14(9-15)8-13(10-20)11-21)24-12-18(23)22-16-4-2-1-3-5-16/h1-9H,12H2,(H,22,23). The normalized spacial score (nSPS) is 9.29. The summed E-state index contributed by atoms with van der Waals surface area (Å²) in [6.45, 7) is -0.189. The van der Waals surface area contributed by atoms with Crippen LogP contribution in [0.1, 0.15) is 5.56 Å². The van der Waals surface area contributed by atoms with Crippen molar-refractivity contribution in [2.24, 2.45) is 0 Å². The van der Waals surface area contributed by atoms with Crippen molar-refractivity contribution in [3.63, 3.8) is 0 Å². The van der Waals surface area contributed by atoms with Crippen LogP contribution in [0.3, 0.4) is 0 Å². The van der Waals surface area contributed by atoms with Crippen molar-refractivity contribution in [3.8, 4) is 17.9 Å². The molecule has 6 heteroatoms. The van der Waals surface area contributed by atoms with E-state index in [1.807, 2.05) is 18.2 Å². The van der Waals surface area contributed by atoms with Crippen LogP contribution in [0.4, 0.5) is 5.69 Å². The van der Waals surface area contributed by atoms with E-state index in [1.54, 1.807) is 42.5 Å². The fourth-order valence-corrected chi connectivity index (χ4v) is 2.25. The van der Waals surface area contributed by atoms with Gasteiger partial charge in [0.1, 0.15) is 23.5 Å². The average molecular weight is 382 g/mol. The highest BCUT2D eigenvalue weighted by molar-refractivity contribution is 9.10. The van der Waals surface area contributed by atoms with Crippen molar-refractivity contribution in [2.45, 2.75) is 0 Å². The van der Waals surface area contributed by atoms with E-state index in [-0.39, 0.29) is 18.1 Å². The van der Waals surface area contributed by atoms with E-state index in [1.165, 1.54) is 6.08 Å². The minimum absolute atomic E-state index is 0.0494. The lowest BCUT2D eigenvalue weighted by Gasteiger charge is -2.10. The molecule has 2 aromatic rings. The maximum Gasteiger partial charge on any atom is 0.262 e. The van der Waals surface area contributed by atoms with Crippen LogP contribution in [-0.2, 0) is 4.79 Å². The molecule has 0 aromatic heterocycles. The lowest BCUT2D eigenvalue weighted by Crippen LogP contribution is -2.20. The number of rotatable bonds is 5. The molecule has 0 aliphatic rings. The van der Waals surface area contributed by atoms with E-state index in [2.05, 4.69) is 21.2 Å². The molecule has 24 heavy (non-hydrogen) atoms. The molecule has 0 radical (unpaired) electrons. The smallest absolute Gasteiger partial charge is 0.262 e. The molecular formula is C18H12BrN3O2. The number of ether oxygens (including phenoxy) is 1. The van der Waals surface area contributed by atoms with Gasteiger partial charge in [-0.15, -0.1) is 0 Å². The van der Waals surface area contributed by atoms with Gasteiger partial charge < -0.3 is 10.1 Å². The molecule has 0 unspecified atom stereocenters. The summed E-state index contributed by atoms with van der Waals surface area (Å²) in [6.07, 6.45) is 1.41. The first-order valence-electron chi connectivity index (χ1n) is 6.91. The lowest BCUT2D eigenvalue weighted by molar-refractivity contribution is -0.118. The minimum Gasteiger partial charge on any atom is -0.483 e. The van der Waals surface area contributed by atoms with Crippen LogP contribution in [0.15, 0.2) is 58.6 Å². The molecule has 2 aromatic carbocycles. The maximum absolute atomic E-state index is 11.9. The zero-order valence-corrected chi connectivity index (χ0v) is 14.1. The molecule has 5 nitrogen and oxygen atoms in total. The number of hydrogen-bond donors (Lipinski definition) is 1. The Hall–Kier alpha value is -3.09. The van der Waals surface area contributed by atoms with Crippen molar-refractivity contribution < 1.29 is 9.53 Å². The Balaban J connectivity index is 2.10. The highest BCUT2D eigenvalue weighted by Crippen LogP contribution is 2.25. The number of hydrogen-bond acceptors (Lipinski definition) is 4. The van der Waals surface area contributed by atoms with Crippen LogP contribution in [0.2, 0.25) is 0 Å². The number of carbonyl (C=O) groups excluding carboxylic acids is 1. The Morgan fingerprint density at radius 3 is 2.54 bits per heavy atom. The number of anilines is 1. The number of para-hydroxylation sites is 1. The molecule has 0 bridgehead atoms. The molecule has 0 fully saturated rings. The number of allylic oxidation sites excluding steroid dienone is 1. The van der Waals surface area contributed by atoms with E-state index < -0.39 is 0 Å². The fourth-order valence-electron chi connectivity index (χ4n) is 1.87. The van der Waals surface area contributed by atoms with E-state index in [9.17, 15) is 4.79 Å². The molecule has 0 aliphatic carbocycles. The molecule has 0 atom stereocenters. The number of nitrogens with zero attached hydrogens (tertiary/aromatic N) is 2. The maximum atomic E-state index is 11.9. The lowest BCUT2D eigenvalue weighted by atomic mass is 10.1. The molecule has 0 aliphatic heterocycles. The van der Waals surface area contributed by atoms with E-state index >= 15 is 0 Å². The molecule has 118 valence electrons. The monoisotopic (exact) mass is 381 g/mol. The second-order valence-corrected chi connectivity index (χ2v) is 5.58. The van der Waals surface area contributed by atoms with E-state index in [0.717, 1.165) is 4.47 Å². The SMILES string of the molecule is N#CC(C#N)=Cc1cc(Br)ccc1OCC(=O)Nc1ccccc1. The molecule has 0 spiro atoms. The van der Waals surface area contributed by atoms with Gasteiger partial charge in [-0.25, -0.2) is 0 Å². The summed E-state index contributed by atoms with van der Waals surface area (Å²) >= 11 is 3.32.